The number of amides is 1. The molecule has 0 spiro atoms. The third-order valence-corrected chi connectivity index (χ3v) is 4.70. The van der Waals surface area contributed by atoms with Crippen LogP contribution < -0.4 is 5.32 Å². The fraction of sp³-hybridized carbons (Fsp3) is 0.929. The number of hydrogen-bond acceptors (Lipinski definition) is 2. The van der Waals surface area contributed by atoms with E-state index in [2.05, 4.69) is 12.2 Å². The van der Waals surface area contributed by atoms with Crippen LogP contribution in [0.15, 0.2) is 0 Å². The van der Waals surface area contributed by atoms with Crippen LogP contribution in [0.1, 0.15) is 58.3 Å². The average molecular weight is 275 g/mol. The molecule has 1 saturated heterocycles. The number of nitrogens with one attached hydrogen (secondary N) is 1. The van der Waals surface area contributed by atoms with Crippen molar-refractivity contribution in [2.45, 2.75) is 69.9 Å². The van der Waals surface area contributed by atoms with Gasteiger partial charge in [-0.1, -0.05) is 26.2 Å². The smallest absolute Gasteiger partial charge is 0.242 e. The largest absolute Gasteiger partial charge is 0.341 e. The predicted molar refractivity (Wildman–Crippen MR) is 77.1 cm³/mol. The number of carbonyl (C=O) groups is 1. The highest BCUT2D eigenvalue weighted by Crippen LogP contribution is 2.29. The van der Waals surface area contributed by atoms with Crippen LogP contribution in [-0.4, -0.2) is 36.0 Å². The SMILES string of the molecule is CCC1(C(=O)N(C)C2CCCCC2)CCCN1.Cl. The van der Waals surface area contributed by atoms with E-state index in [0.29, 0.717) is 11.9 Å². The van der Waals surface area contributed by atoms with E-state index in [-0.39, 0.29) is 17.9 Å². The molecular weight excluding hydrogens is 248 g/mol. The van der Waals surface area contributed by atoms with Gasteiger partial charge in [-0.3, -0.25) is 4.79 Å². The number of halogens is 1. The molecule has 3 nitrogen and oxygen atoms in total. The molecule has 0 aromatic heterocycles. The summed E-state index contributed by atoms with van der Waals surface area (Å²) < 4.78 is 0. The van der Waals surface area contributed by atoms with Crippen LogP contribution in [0.25, 0.3) is 0 Å². The fourth-order valence-electron chi connectivity index (χ4n) is 3.41. The van der Waals surface area contributed by atoms with Gasteiger partial charge in [0.15, 0.2) is 0 Å². The van der Waals surface area contributed by atoms with Gasteiger partial charge in [0.25, 0.3) is 0 Å². The van der Waals surface area contributed by atoms with E-state index >= 15 is 0 Å². The number of carbonyl (C=O) groups excluding carboxylic acids is 1. The second-order valence-electron chi connectivity index (χ2n) is 5.67. The van der Waals surface area contributed by atoms with Crippen LogP contribution in [-0.2, 0) is 4.79 Å². The lowest BCUT2D eigenvalue weighted by molar-refractivity contribution is -0.139. The van der Waals surface area contributed by atoms with Crippen LogP contribution in [0.3, 0.4) is 0 Å². The molecule has 2 rings (SSSR count). The van der Waals surface area contributed by atoms with Gasteiger partial charge in [0.05, 0.1) is 5.54 Å². The molecule has 2 fully saturated rings. The van der Waals surface area contributed by atoms with Gasteiger partial charge >= 0.3 is 0 Å². The maximum absolute atomic E-state index is 12.7. The Morgan fingerprint density at radius 3 is 2.44 bits per heavy atom. The normalized spacial score (nSPS) is 28.8. The Morgan fingerprint density at radius 1 is 1.28 bits per heavy atom. The average Bonchev–Trinajstić information content (AvgIpc) is 2.88. The number of nitrogens with zero attached hydrogens (tertiary/aromatic N) is 1. The summed E-state index contributed by atoms with van der Waals surface area (Å²) in [6.07, 6.45) is 9.38. The Labute approximate surface area is 117 Å². The van der Waals surface area contributed by atoms with Crippen LogP contribution in [0.2, 0.25) is 0 Å². The molecule has 0 aromatic rings. The maximum Gasteiger partial charge on any atom is 0.242 e. The molecular formula is C14H27ClN2O. The maximum atomic E-state index is 12.7. The zero-order valence-corrected chi connectivity index (χ0v) is 12.5. The molecule has 1 atom stereocenters. The van der Waals surface area contributed by atoms with E-state index in [1.54, 1.807) is 0 Å². The molecule has 1 saturated carbocycles. The number of likely N-dealkylation sites (N-methyl/N-ethyl adjacent to an activating group) is 1. The minimum atomic E-state index is -0.244. The molecule has 0 radical (unpaired) electrons. The van der Waals surface area contributed by atoms with Crippen molar-refractivity contribution in [3.63, 3.8) is 0 Å². The predicted octanol–water partition coefficient (Wildman–Crippen LogP) is 2.73. The molecule has 1 N–H and O–H groups in total. The first-order valence-corrected chi connectivity index (χ1v) is 7.22. The van der Waals surface area contributed by atoms with Gasteiger partial charge < -0.3 is 10.2 Å². The highest BCUT2D eigenvalue weighted by Gasteiger charge is 2.42. The van der Waals surface area contributed by atoms with Crippen molar-refractivity contribution in [3.8, 4) is 0 Å². The van der Waals surface area contributed by atoms with Crippen molar-refractivity contribution in [2.75, 3.05) is 13.6 Å². The number of hydrogen-bond donors (Lipinski definition) is 1. The van der Waals surface area contributed by atoms with E-state index in [1.807, 2.05) is 11.9 Å². The van der Waals surface area contributed by atoms with E-state index in [1.165, 1.54) is 32.1 Å². The topological polar surface area (TPSA) is 32.3 Å². The molecule has 18 heavy (non-hydrogen) atoms. The minimum Gasteiger partial charge on any atom is -0.341 e. The summed E-state index contributed by atoms with van der Waals surface area (Å²) in [4.78, 5) is 14.7. The molecule has 1 heterocycles. The molecule has 1 unspecified atom stereocenters. The Hall–Kier alpha value is -0.280. The van der Waals surface area contributed by atoms with Crippen molar-refractivity contribution in [3.05, 3.63) is 0 Å². The third kappa shape index (κ3) is 3.00. The fourth-order valence-corrected chi connectivity index (χ4v) is 3.41. The molecule has 1 amide bonds. The van der Waals surface area contributed by atoms with Gasteiger partial charge in [-0.15, -0.1) is 12.4 Å². The van der Waals surface area contributed by atoms with E-state index in [4.69, 9.17) is 0 Å². The standard InChI is InChI=1S/C14H26N2O.ClH/c1-3-14(10-7-11-15-14)13(17)16(2)12-8-5-4-6-9-12;/h12,15H,3-11H2,1-2H3;1H. The second-order valence-corrected chi connectivity index (χ2v) is 5.67. The summed E-state index contributed by atoms with van der Waals surface area (Å²) >= 11 is 0. The second kappa shape index (κ2) is 6.76. The molecule has 1 aliphatic carbocycles. The summed E-state index contributed by atoms with van der Waals surface area (Å²) in [7, 11) is 2.01. The zero-order valence-electron chi connectivity index (χ0n) is 11.7. The Balaban J connectivity index is 0.00000162. The summed E-state index contributed by atoms with van der Waals surface area (Å²) in [6, 6.07) is 0.488. The first-order chi connectivity index (χ1) is 8.19. The lowest BCUT2D eigenvalue weighted by Gasteiger charge is -2.38. The van der Waals surface area contributed by atoms with Gasteiger partial charge in [0.2, 0.25) is 5.91 Å². The van der Waals surface area contributed by atoms with E-state index < -0.39 is 0 Å². The lowest BCUT2D eigenvalue weighted by atomic mass is 9.89. The Morgan fingerprint density at radius 2 is 1.94 bits per heavy atom. The quantitative estimate of drug-likeness (QED) is 0.858. The molecule has 0 aromatic carbocycles. The first kappa shape index (κ1) is 15.8. The van der Waals surface area contributed by atoms with E-state index in [0.717, 1.165) is 25.8 Å². The third-order valence-electron chi connectivity index (χ3n) is 4.70. The zero-order chi connectivity index (χ0) is 12.3. The molecule has 4 heteroatoms. The van der Waals surface area contributed by atoms with Crippen LogP contribution in [0.5, 0.6) is 0 Å². The van der Waals surface area contributed by atoms with Gasteiger partial charge in [0.1, 0.15) is 0 Å². The van der Waals surface area contributed by atoms with Gasteiger partial charge in [-0.25, -0.2) is 0 Å². The van der Waals surface area contributed by atoms with Crippen LogP contribution in [0, 0.1) is 0 Å². The van der Waals surface area contributed by atoms with Crippen LogP contribution in [0.4, 0.5) is 0 Å². The summed E-state index contributed by atoms with van der Waals surface area (Å²) in [5, 5.41) is 3.45. The first-order valence-electron chi connectivity index (χ1n) is 7.22. The molecule has 2 aliphatic rings. The van der Waals surface area contributed by atoms with Crippen molar-refractivity contribution in [1.29, 1.82) is 0 Å². The minimum absolute atomic E-state index is 0. The Bertz CT molecular complexity index is 271. The Kier molecular flexibility index (Phi) is 5.93. The highest BCUT2D eigenvalue weighted by molar-refractivity contribution is 5.86. The van der Waals surface area contributed by atoms with Gasteiger partial charge in [0, 0.05) is 13.1 Å². The van der Waals surface area contributed by atoms with Crippen molar-refractivity contribution in [1.82, 2.24) is 10.2 Å². The lowest BCUT2D eigenvalue weighted by Crippen LogP contribution is -2.56. The summed E-state index contributed by atoms with van der Waals surface area (Å²) in [5.41, 5.74) is -0.244. The van der Waals surface area contributed by atoms with Crippen molar-refractivity contribution >= 4 is 18.3 Å². The highest BCUT2D eigenvalue weighted by atomic mass is 35.5. The monoisotopic (exact) mass is 274 g/mol. The van der Waals surface area contributed by atoms with Crippen molar-refractivity contribution in [2.24, 2.45) is 0 Å². The number of rotatable bonds is 3. The van der Waals surface area contributed by atoms with Crippen LogP contribution >= 0.6 is 12.4 Å². The molecule has 0 bridgehead atoms. The molecule has 1 aliphatic heterocycles. The van der Waals surface area contributed by atoms with Gasteiger partial charge in [-0.2, -0.15) is 0 Å². The van der Waals surface area contributed by atoms with Crippen molar-refractivity contribution < 1.29 is 4.79 Å². The molecule has 106 valence electrons. The summed E-state index contributed by atoms with van der Waals surface area (Å²) in [5.74, 6) is 0.337. The van der Waals surface area contributed by atoms with E-state index in [9.17, 15) is 4.79 Å². The van der Waals surface area contributed by atoms with Gasteiger partial charge in [-0.05, 0) is 38.6 Å². The summed E-state index contributed by atoms with van der Waals surface area (Å²) in [6.45, 7) is 3.13.